The number of rotatable bonds is 2. The van der Waals surface area contributed by atoms with Crippen LogP contribution in [0.4, 0.5) is 0 Å². The predicted molar refractivity (Wildman–Crippen MR) is 66.3 cm³/mol. The van der Waals surface area contributed by atoms with Gasteiger partial charge in [-0.25, -0.2) is 4.98 Å². The Balaban J connectivity index is 2.55. The van der Waals surface area contributed by atoms with Crippen molar-refractivity contribution in [2.45, 2.75) is 25.5 Å². The highest BCUT2D eigenvalue weighted by atomic mass is 32.1. The van der Waals surface area contributed by atoms with Crippen LogP contribution in [0.1, 0.15) is 31.0 Å². The third-order valence-corrected chi connectivity index (χ3v) is 2.77. The molecule has 2 nitrogen and oxygen atoms in total. The summed E-state index contributed by atoms with van der Waals surface area (Å²) in [6.07, 6.45) is 1.79. The minimum absolute atomic E-state index is 0.528. The van der Waals surface area contributed by atoms with Gasteiger partial charge in [0, 0.05) is 11.9 Å². The molecule has 0 fully saturated rings. The summed E-state index contributed by atoms with van der Waals surface area (Å²) >= 11 is 4.19. The standard InChI is InChI=1S/C12H14N2S/c1-8(2)9-3-4-11-12(5-9)13-6-10(7-15)14-11/h3-6,8,15H,7H2,1-2H3. The van der Waals surface area contributed by atoms with E-state index in [0.29, 0.717) is 11.7 Å². The molecule has 0 saturated carbocycles. The fourth-order valence-electron chi connectivity index (χ4n) is 1.50. The van der Waals surface area contributed by atoms with E-state index in [2.05, 4.69) is 48.6 Å². The summed E-state index contributed by atoms with van der Waals surface area (Å²) in [5.41, 5.74) is 4.14. The quantitative estimate of drug-likeness (QED) is 0.783. The molecule has 0 radical (unpaired) electrons. The van der Waals surface area contributed by atoms with Gasteiger partial charge in [-0.1, -0.05) is 19.9 Å². The summed E-state index contributed by atoms with van der Waals surface area (Å²) in [6, 6.07) is 6.25. The second kappa shape index (κ2) is 4.19. The van der Waals surface area contributed by atoms with Crippen LogP contribution in [0, 0.1) is 0 Å². The number of thiol groups is 1. The van der Waals surface area contributed by atoms with E-state index in [1.54, 1.807) is 6.20 Å². The molecular formula is C12H14N2S. The molecule has 0 unspecified atom stereocenters. The average Bonchev–Trinajstić information content (AvgIpc) is 2.27. The van der Waals surface area contributed by atoms with Gasteiger partial charge >= 0.3 is 0 Å². The smallest absolute Gasteiger partial charge is 0.0890 e. The first kappa shape index (κ1) is 10.4. The van der Waals surface area contributed by atoms with Crippen LogP contribution >= 0.6 is 12.6 Å². The highest BCUT2D eigenvalue weighted by Crippen LogP contribution is 2.19. The summed E-state index contributed by atoms with van der Waals surface area (Å²) < 4.78 is 0. The third-order valence-electron chi connectivity index (χ3n) is 2.44. The lowest BCUT2D eigenvalue weighted by atomic mass is 10.0. The molecule has 0 aliphatic carbocycles. The minimum Gasteiger partial charge on any atom is -0.253 e. The van der Waals surface area contributed by atoms with Gasteiger partial charge in [0.1, 0.15) is 0 Å². The second-order valence-corrected chi connectivity index (χ2v) is 4.24. The summed E-state index contributed by atoms with van der Waals surface area (Å²) in [5, 5.41) is 0. The van der Waals surface area contributed by atoms with Crippen molar-refractivity contribution >= 4 is 23.7 Å². The molecule has 0 aliphatic heterocycles. The van der Waals surface area contributed by atoms with Crippen LogP contribution in [0.2, 0.25) is 0 Å². The first-order valence-electron chi connectivity index (χ1n) is 5.07. The van der Waals surface area contributed by atoms with E-state index in [0.717, 1.165) is 16.7 Å². The largest absolute Gasteiger partial charge is 0.253 e. The molecule has 0 saturated heterocycles. The number of benzene rings is 1. The maximum absolute atomic E-state index is 4.46. The summed E-state index contributed by atoms with van der Waals surface area (Å²) in [5.74, 6) is 1.16. The molecule has 1 aromatic heterocycles. The van der Waals surface area contributed by atoms with E-state index in [9.17, 15) is 0 Å². The van der Waals surface area contributed by atoms with Gasteiger partial charge < -0.3 is 0 Å². The van der Waals surface area contributed by atoms with E-state index in [1.807, 2.05) is 6.07 Å². The van der Waals surface area contributed by atoms with E-state index >= 15 is 0 Å². The Morgan fingerprint density at radius 3 is 2.73 bits per heavy atom. The molecule has 15 heavy (non-hydrogen) atoms. The summed E-state index contributed by atoms with van der Waals surface area (Å²) in [6.45, 7) is 4.35. The highest BCUT2D eigenvalue weighted by molar-refractivity contribution is 7.79. The van der Waals surface area contributed by atoms with Gasteiger partial charge in [0.15, 0.2) is 0 Å². The fraction of sp³-hybridized carbons (Fsp3) is 0.333. The van der Waals surface area contributed by atoms with Crippen molar-refractivity contribution in [3.63, 3.8) is 0 Å². The van der Waals surface area contributed by atoms with Gasteiger partial charge in [0.25, 0.3) is 0 Å². The zero-order chi connectivity index (χ0) is 10.8. The number of aromatic nitrogens is 2. The van der Waals surface area contributed by atoms with Gasteiger partial charge in [-0.2, -0.15) is 12.6 Å². The van der Waals surface area contributed by atoms with E-state index in [4.69, 9.17) is 0 Å². The van der Waals surface area contributed by atoms with Crippen molar-refractivity contribution in [3.8, 4) is 0 Å². The van der Waals surface area contributed by atoms with Crippen LogP contribution in [-0.4, -0.2) is 9.97 Å². The maximum atomic E-state index is 4.46. The number of hydrogen-bond acceptors (Lipinski definition) is 3. The molecule has 0 amide bonds. The zero-order valence-electron chi connectivity index (χ0n) is 8.94. The lowest BCUT2D eigenvalue weighted by molar-refractivity contribution is 0.867. The molecule has 1 aromatic carbocycles. The van der Waals surface area contributed by atoms with Crippen LogP contribution < -0.4 is 0 Å². The molecule has 78 valence electrons. The van der Waals surface area contributed by atoms with Crippen molar-refractivity contribution < 1.29 is 0 Å². The molecule has 0 N–H and O–H groups in total. The summed E-state index contributed by atoms with van der Waals surface area (Å²) in [4.78, 5) is 8.84. The van der Waals surface area contributed by atoms with Crippen molar-refractivity contribution in [1.29, 1.82) is 0 Å². The molecule has 0 atom stereocenters. The van der Waals surface area contributed by atoms with Gasteiger partial charge in [-0.05, 0) is 23.6 Å². The third kappa shape index (κ3) is 2.12. The molecule has 2 aromatic rings. The van der Waals surface area contributed by atoms with Gasteiger partial charge in [-0.15, -0.1) is 0 Å². The molecule has 3 heteroatoms. The molecule has 1 heterocycles. The Morgan fingerprint density at radius 1 is 1.27 bits per heavy atom. The highest BCUT2D eigenvalue weighted by Gasteiger charge is 2.03. The van der Waals surface area contributed by atoms with Crippen molar-refractivity contribution in [2.75, 3.05) is 0 Å². The molecular weight excluding hydrogens is 204 g/mol. The van der Waals surface area contributed by atoms with Crippen molar-refractivity contribution in [3.05, 3.63) is 35.7 Å². The molecule has 2 rings (SSSR count). The van der Waals surface area contributed by atoms with Crippen LogP contribution in [0.15, 0.2) is 24.4 Å². The number of nitrogens with zero attached hydrogens (tertiary/aromatic N) is 2. The second-order valence-electron chi connectivity index (χ2n) is 3.92. The zero-order valence-corrected chi connectivity index (χ0v) is 9.83. The normalized spacial score (nSPS) is 11.2. The Morgan fingerprint density at radius 2 is 2.07 bits per heavy atom. The monoisotopic (exact) mass is 218 g/mol. The Bertz CT molecular complexity index is 480. The minimum atomic E-state index is 0.528. The van der Waals surface area contributed by atoms with Crippen LogP contribution in [0.3, 0.4) is 0 Å². The van der Waals surface area contributed by atoms with E-state index in [1.165, 1.54) is 5.56 Å². The average molecular weight is 218 g/mol. The van der Waals surface area contributed by atoms with Crippen LogP contribution in [-0.2, 0) is 5.75 Å². The lowest BCUT2D eigenvalue weighted by Gasteiger charge is -2.06. The SMILES string of the molecule is CC(C)c1ccc2nc(CS)cnc2c1. The van der Waals surface area contributed by atoms with E-state index in [-0.39, 0.29) is 0 Å². The molecule has 0 aliphatic rings. The van der Waals surface area contributed by atoms with Crippen LogP contribution in [0.5, 0.6) is 0 Å². The van der Waals surface area contributed by atoms with Crippen LogP contribution in [0.25, 0.3) is 11.0 Å². The lowest BCUT2D eigenvalue weighted by Crippen LogP contribution is -1.92. The Labute approximate surface area is 95.2 Å². The first-order chi connectivity index (χ1) is 7.20. The Hall–Kier alpha value is -1.09. The topological polar surface area (TPSA) is 25.8 Å². The van der Waals surface area contributed by atoms with Gasteiger partial charge in [0.2, 0.25) is 0 Å². The predicted octanol–water partition coefficient (Wildman–Crippen LogP) is 3.18. The Kier molecular flexibility index (Phi) is 2.91. The summed E-state index contributed by atoms with van der Waals surface area (Å²) in [7, 11) is 0. The molecule has 0 spiro atoms. The fourth-order valence-corrected chi connectivity index (χ4v) is 1.65. The van der Waals surface area contributed by atoms with Crippen molar-refractivity contribution in [1.82, 2.24) is 9.97 Å². The van der Waals surface area contributed by atoms with Gasteiger partial charge in [-0.3, -0.25) is 4.98 Å². The first-order valence-corrected chi connectivity index (χ1v) is 5.70. The number of fused-ring (bicyclic) bond motifs is 1. The van der Waals surface area contributed by atoms with E-state index < -0.39 is 0 Å². The molecule has 0 bridgehead atoms. The maximum Gasteiger partial charge on any atom is 0.0890 e. The van der Waals surface area contributed by atoms with Gasteiger partial charge in [0.05, 0.1) is 16.7 Å². The van der Waals surface area contributed by atoms with Crippen molar-refractivity contribution in [2.24, 2.45) is 0 Å². The number of hydrogen-bond donors (Lipinski definition) is 1.